The summed E-state index contributed by atoms with van der Waals surface area (Å²) in [5.41, 5.74) is 3.59. The van der Waals surface area contributed by atoms with Gasteiger partial charge in [0.2, 0.25) is 0 Å². The normalized spacial score (nSPS) is 10.5. The zero-order valence-electron chi connectivity index (χ0n) is 14.7. The Morgan fingerprint density at radius 3 is 2.08 bits per heavy atom. The van der Waals surface area contributed by atoms with Crippen LogP contribution in [0.4, 0.5) is 0 Å². The third kappa shape index (κ3) is 6.12. The lowest BCUT2D eigenvalue weighted by atomic mass is 10.0. The molecule has 3 heteroatoms. The number of benzene rings is 1. The quantitative estimate of drug-likeness (QED) is 0.527. The molecule has 0 amide bonds. The van der Waals surface area contributed by atoms with Gasteiger partial charge >= 0.3 is 0 Å². The van der Waals surface area contributed by atoms with E-state index in [4.69, 9.17) is 5.26 Å². The SMILES string of the molecule is CCCCCCCCCCc1ccc(-c2cnc(C#N)cn2)cc1. The van der Waals surface area contributed by atoms with Gasteiger partial charge in [0.25, 0.3) is 0 Å². The van der Waals surface area contributed by atoms with Gasteiger partial charge in [-0.25, -0.2) is 4.98 Å². The van der Waals surface area contributed by atoms with Crippen LogP contribution < -0.4 is 0 Å². The Hall–Kier alpha value is -2.21. The van der Waals surface area contributed by atoms with Crippen molar-refractivity contribution in [3.8, 4) is 17.3 Å². The largest absolute Gasteiger partial charge is 0.252 e. The maximum absolute atomic E-state index is 8.76. The maximum Gasteiger partial charge on any atom is 0.158 e. The van der Waals surface area contributed by atoms with E-state index in [2.05, 4.69) is 41.2 Å². The monoisotopic (exact) mass is 321 g/mol. The molecule has 0 N–H and O–H groups in total. The fourth-order valence-electron chi connectivity index (χ4n) is 2.84. The first-order valence-electron chi connectivity index (χ1n) is 9.15. The zero-order valence-corrected chi connectivity index (χ0v) is 14.7. The van der Waals surface area contributed by atoms with Gasteiger partial charge in [0, 0.05) is 5.56 Å². The molecule has 24 heavy (non-hydrogen) atoms. The predicted molar refractivity (Wildman–Crippen MR) is 98.5 cm³/mol. The van der Waals surface area contributed by atoms with E-state index in [1.807, 2.05) is 6.07 Å². The van der Waals surface area contributed by atoms with E-state index in [9.17, 15) is 0 Å². The molecule has 0 saturated heterocycles. The van der Waals surface area contributed by atoms with Gasteiger partial charge in [-0.2, -0.15) is 5.26 Å². The van der Waals surface area contributed by atoms with Crippen LogP contribution in [0.3, 0.4) is 0 Å². The number of unbranched alkanes of at least 4 members (excludes halogenated alkanes) is 7. The van der Waals surface area contributed by atoms with E-state index in [0.717, 1.165) is 17.7 Å². The molecule has 0 aliphatic carbocycles. The second kappa shape index (κ2) is 10.5. The molecule has 3 nitrogen and oxygen atoms in total. The Kier molecular flexibility index (Phi) is 7.97. The molecule has 0 aliphatic rings. The molecule has 0 atom stereocenters. The van der Waals surface area contributed by atoms with Crippen LogP contribution in [-0.4, -0.2) is 9.97 Å². The Morgan fingerprint density at radius 1 is 0.833 bits per heavy atom. The summed E-state index contributed by atoms with van der Waals surface area (Å²) in [5, 5.41) is 8.76. The van der Waals surface area contributed by atoms with E-state index in [1.165, 1.54) is 63.1 Å². The third-order valence-corrected chi connectivity index (χ3v) is 4.34. The molecule has 0 fully saturated rings. The van der Waals surface area contributed by atoms with E-state index < -0.39 is 0 Å². The molecule has 1 aromatic heterocycles. The minimum Gasteiger partial charge on any atom is -0.252 e. The van der Waals surface area contributed by atoms with Crippen molar-refractivity contribution in [2.45, 2.75) is 64.7 Å². The maximum atomic E-state index is 8.76. The summed E-state index contributed by atoms with van der Waals surface area (Å²) < 4.78 is 0. The van der Waals surface area contributed by atoms with Crippen LogP contribution in [-0.2, 0) is 6.42 Å². The van der Waals surface area contributed by atoms with Crippen LogP contribution >= 0.6 is 0 Å². The van der Waals surface area contributed by atoms with E-state index in [1.54, 1.807) is 6.20 Å². The van der Waals surface area contributed by atoms with Crippen molar-refractivity contribution < 1.29 is 0 Å². The highest BCUT2D eigenvalue weighted by Crippen LogP contribution is 2.18. The lowest BCUT2D eigenvalue weighted by Crippen LogP contribution is -1.90. The molecule has 2 rings (SSSR count). The third-order valence-electron chi connectivity index (χ3n) is 4.34. The minimum absolute atomic E-state index is 0.352. The summed E-state index contributed by atoms with van der Waals surface area (Å²) >= 11 is 0. The van der Waals surface area contributed by atoms with Gasteiger partial charge in [-0.15, -0.1) is 0 Å². The van der Waals surface area contributed by atoms with Crippen molar-refractivity contribution in [2.24, 2.45) is 0 Å². The van der Waals surface area contributed by atoms with Crippen LogP contribution in [0.1, 0.15) is 69.5 Å². The second-order valence-electron chi connectivity index (χ2n) is 6.32. The van der Waals surface area contributed by atoms with Crippen LogP contribution in [0, 0.1) is 11.3 Å². The number of aryl methyl sites for hydroxylation is 1. The van der Waals surface area contributed by atoms with Crippen molar-refractivity contribution in [3.63, 3.8) is 0 Å². The fraction of sp³-hybridized carbons (Fsp3) is 0.476. The van der Waals surface area contributed by atoms with Crippen LogP contribution in [0.25, 0.3) is 11.3 Å². The first-order valence-corrected chi connectivity index (χ1v) is 9.15. The molecular formula is C21H27N3. The van der Waals surface area contributed by atoms with Gasteiger partial charge in [0.15, 0.2) is 5.69 Å². The molecule has 0 aliphatic heterocycles. The van der Waals surface area contributed by atoms with E-state index >= 15 is 0 Å². The molecule has 0 unspecified atom stereocenters. The van der Waals surface area contributed by atoms with Gasteiger partial charge < -0.3 is 0 Å². The van der Waals surface area contributed by atoms with Gasteiger partial charge in [0.1, 0.15) is 6.07 Å². The Balaban J connectivity index is 1.71. The van der Waals surface area contributed by atoms with Crippen LogP contribution in [0.2, 0.25) is 0 Å². The average Bonchev–Trinajstić information content (AvgIpc) is 2.64. The molecule has 2 aromatic rings. The molecule has 0 radical (unpaired) electrons. The summed E-state index contributed by atoms with van der Waals surface area (Å²) in [6, 6.07) is 10.5. The summed E-state index contributed by atoms with van der Waals surface area (Å²) in [5.74, 6) is 0. The lowest BCUT2D eigenvalue weighted by molar-refractivity contribution is 0.575. The number of nitrogens with zero attached hydrogens (tertiary/aromatic N) is 3. The summed E-state index contributed by atoms with van der Waals surface area (Å²) in [7, 11) is 0. The molecule has 0 bridgehead atoms. The topological polar surface area (TPSA) is 49.6 Å². The lowest BCUT2D eigenvalue weighted by Gasteiger charge is -2.05. The van der Waals surface area contributed by atoms with Crippen LogP contribution in [0.15, 0.2) is 36.7 Å². The van der Waals surface area contributed by atoms with Crippen molar-refractivity contribution in [2.75, 3.05) is 0 Å². The van der Waals surface area contributed by atoms with Crippen molar-refractivity contribution in [1.29, 1.82) is 5.26 Å². The number of rotatable bonds is 10. The molecule has 1 heterocycles. The molecular weight excluding hydrogens is 294 g/mol. The van der Waals surface area contributed by atoms with Gasteiger partial charge in [-0.3, -0.25) is 4.98 Å². The summed E-state index contributed by atoms with van der Waals surface area (Å²) in [4.78, 5) is 8.35. The van der Waals surface area contributed by atoms with Crippen molar-refractivity contribution >= 4 is 0 Å². The molecule has 126 valence electrons. The number of aromatic nitrogens is 2. The highest BCUT2D eigenvalue weighted by molar-refractivity contribution is 5.58. The minimum atomic E-state index is 0.352. The number of hydrogen-bond donors (Lipinski definition) is 0. The summed E-state index contributed by atoms with van der Waals surface area (Å²) in [6.07, 6.45) is 15.2. The Labute approximate surface area is 145 Å². The zero-order chi connectivity index (χ0) is 17.0. The first kappa shape index (κ1) is 18.1. The molecule has 0 saturated carbocycles. The van der Waals surface area contributed by atoms with Crippen LogP contribution in [0.5, 0.6) is 0 Å². The van der Waals surface area contributed by atoms with E-state index in [-0.39, 0.29) is 0 Å². The smallest absolute Gasteiger partial charge is 0.158 e. The molecule has 0 spiro atoms. The first-order chi connectivity index (χ1) is 11.8. The van der Waals surface area contributed by atoms with Crippen molar-refractivity contribution in [3.05, 3.63) is 47.9 Å². The Bertz CT molecular complexity index is 624. The molecule has 1 aromatic carbocycles. The predicted octanol–water partition coefficient (Wildman–Crippen LogP) is 5.70. The van der Waals surface area contributed by atoms with E-state index in [0.29, 0.717) is 5.69 Å². The fourth-order valence-corrected chi connectivity index (χ4v) is 2.84. The highest BCUT2D eigenvalue weighted by Gasteiger charge is 2.01. The van der Waals surface area contributed by atoms with Gasteiger partial charge in [-0.05, 0) is 18.4 Å². The van der Waals surface area contributed by atoms with Gasteiger partial charge in [0.05, 0.1) is 18.1 Å². The standard InChI is InChI=1S/C21H27N3/c1-2-3-4-5-6-7-8-9-10-18-11-13-19(14-12-18)21-17-23-20(15-22)16-24-21/h11-14,16-17H,2-10H2,1H3. The second-order valence-corrected chi connectivity index (χ2v) is 6.32. The average molecular weight is 321 g/mol. The summed E-state index contributed by atoms with van der Waals surface area (Å²) in [6.45, 7) is 2.26. The number of hydrogen-bond acceptors (Lipinski definition) is 3. The highest BCUT2D eigenvalue weighted by atomic mass is 14.8. The Morgan fingerprint density at radius 2 is 1.50 bits per heavy atom. The van der Waals surface area contributed by atoms with Gasteiger partial charge in [-0.1, -0.05) is 76.1 Å². The number of nitriles is 1. The van der Waals surface area contributed by atoms with Crippen molar-refractivity contribution in [1.82, 2.24) is 9.97 Å².